The van der Waals surface area contributed by atoms with Gasteiger partial charge in [0.25, 0.3) is 0 Å². The Bertz CT molecular complexity index is 1240. The van der Waals surface area contributed by atoms with Crippen molar-refractivity contribution in [3.63, 3.8) is 0 Å². The maximum atomic E-state index is 13.2. The molecule has 3 saturated heterocycles. The van der Waals surface area contributed by atoms with Crippen LogP contribution in [0.4, 0.5) is 0 Å². The van der Waals surface area contributed by atoms with Crippen molar-refractivity contribution in [3.05, 3.63) is 0 Å². The van der Waals surface area contributed by atoms with Gasteiger partial charge in [-0.3, -0.25) is 4.79 Å². The lowest BCUT2D eigenvalue weighted by atomic mass is 9.41. The third kappa shape index (κ3) is 2.63. The van der Waals surface area contributed by atoms with Crippen LogP contribution >= 0.6 is 0 Å². The van der Waals surface area contributed by atoms with Gasteiger partial charge in [0.15, 0.2) is 5.60 Å². The molecule has 0 radical (unpaired) electrons. The molecule has 0 aromatic carbocycles. The molecule has 41 heavy (non-hydrogen) atoms. The van der Waals surface area contributed by atoms with Crippen LogP contribution in [0.2, 0.25) is 0 Å². The number of hydrogen-bond donors (Lipinski definition) is 4. The average molecular weight is 576 g/mol. The summed E-state index contributed by atoms with van der Waals surface area (Å²) in [6.07, 6.45) is -1.51. The highest BCUT2D eigenvalue weighted by Gasteiger charge is 2.92. The highest BCUT2D eigenvalue weighted by Crippen LogP contribution is 2.81. The highest BCUT2D eigenvalue weighted by atomic mass is 16.8. The van der Waals surface area contributed by atoms with Gasteiger partial charge >= 0.3 is 11.9 Å². The Hall–Kier alpha value is -1.30. The number of epoxide rings is 2. The summed E-state index contributed by atoms with van der Waals surface area (Å²) in [4.78, 5) is 25.9. The molecular formula is C31H45NO9. The summed E-state index contributed by atoms with van der Waals surface area (Å²) in [7, 11) is 0. The quantitative estimate of drug-likeness (QED) is 0.262. The van der Waals surface area contributed by atoms with Crippen LogP contribution in [-0.4, -0.2) is 81.3 Å². The van der Waals surface area contributed by atoms with Crippen LogP contribution in [0, 0.1) is 63.6 Å². The molecule has 8 fully saturated rings. The van der Waals surface area contributed by atoms with E-state index in [1.165, 1.54) is 6.92 Å². The van der Waals surface area contributed by atoms with Crippen LogP contribution < -0.4 is 5.73 Å². The molecule has 3 heterocycles. The van der Waals surface area contributed by atoms with E-state index in [2.05, 4.69) is 27.7 Å². The van der Waals surface area contributed by atoms with Gasteiger partial charge in [-0.05, 0) is 74.0 Å². The summed E-state index contributed by atoms with van der Waals surface area (Å²) in [5.41, 5.74) is 2.83. The lowest BCUT2D eigenvalue weighted by Crippen LogP contribution is -2.71. The second kappa shape index (κ2) is 7.49. The van der Waals surface area contributed by atoms with Gasteiger partial charge in [0.2, 0.25) is 5.79 Å². The predicted molar refractivity (Wildman–Crippen MR) is 141 cm³/mol. The van der Waals surface area contributed by atoms with Crippen LogP contribution in [0.15, 0.2) is 0 Å². The topological polar surface area (TPSA) is 164 Å². The number of fused-ring (bicyclic) bond motifs is 9. The first kappa shape index (κ1) is 27.3. The molecule has 8 aliphatic rings. The lowest BCUT2D eigenvalue weighted by Gasteiger charge is -2.65. The third-order valence-electron chi connectivity index (χ3n) is 14.9. The van der Waals surface area contributed by atoms with E-state index < -0.39 is 58.0 Å². The molecule has 20 atom stereocenters. The number of esters is 2. The number of aliphatic hydroxyl groups is 3. The molecular weight excluding hydrogens is 530 g/mol. The maximum absolute atomic E-state index is 13.2. The maximum Gasteiger partial charge on any atom is 0.341 e. The molecule has 8 rings (SSSR count). The second-order valence-corrected chi connectivity index (χ2v) is 15.9. The fourth-order valence-electron chi connectivity index (χ4n) is 13.1. The minimum absolute atomic E-state index is 0.0323. The molecule has 0 aromatic heterocycles. The van der Waals surface area contributed by atoms with Crippen molar-refractivity contribution < 1.29 is 43.9 Å². The Morgan fingerprint density at radius 1 is 1.00 bits per heavy atom. The summed E-state index contributed by atoms with van der Waals surface area (Å²) < 4.78 is 24.3. The molecule has 10 heteroatoms. The normalized spacial score (nSPS) is 68.1. The van der Waals surface area contributed by atoms with Crippen LogP contribution in [0.1, 0.15) is 61.3 Å². The number of carbonyl (C=O) groups is 2. The number of nitrogens with two attached hydrogens (primary N) is 1. The number of carbonyl (C=O) groups excluding carboxylic acids is 2. The van der Waals surface area contributed by atoms with Gasteiger partial charge in [-0.15, -0.1) is 0 Å². The molecule has 1 spiro atoms. The third-order valence-corrected chi connectivity index (χ3v) is 14.9. The highest BCUT2D eigenvalue weighted by molar-refractivity contribution is 5.84. The van der Waals surface area contributed by atoms with Gasteiger partial charge in [0, 0.05) is 23.8 Å². The van der Waals surface area contributed by atoms with E-state index in [0.29, 0.717) is 12.8 Å². The molecule has 0 amide bonds. The van der Waals surface area contributed by atoms with Gasteiger partial charge in [0.1, 0.15) is 18.3 Å². The summed E-state index contributed by atoms with van der Waals surface area (Å²) >= 11 is 0. The summed E-state index contributed by atoms with van der Waals surface area (Å²) in [5.74, 6) is -3.47. The number of rotatable bonds is 1. The van der Waals surface area contributed by atoms with E-state index in [-0.39, 0.29) is 71.6 Å². The van der Waals surface area contributed by atoms with Gasteiger partial charge < -0.3 is 40.0 Å². The van der Waals surface area contributed by atoms with Crippen molar-refractivity contribution in [3.8, 4) is 0 Å². The van der Waals surface area contributed by atoms with E-state index >= 15 is 0 Å². The Kier molecular flexibility index (Phi) is 4.98. The van der Waals surface area contributed by atoms with Crippen molar-refractivity contribution >= 4 is 11.9 Å². The van der Waals surface area contributed by atoms with Crippen LogP contribution in [0.5, 0.6) is 0 Å². The molecule has 10 nitrogen and oxygen atoms in total. The first-order valence-corrected chi connectivity index (χ1v) is 15.6. The lowest BCUT2D eigenvalue weighted by molar-refractivity contribution is -0.238. The first-order chi connectivity index (χ1) is 19.0. The summed E-state index contributed by atoms with van der Waals surface area (Å²) in [6, 6.07) is -0.541. The Morgan fingerprint density at radius 2 is 1.68 bits per heavy atom. The minimum Gasteiger partial charge on any atom is -0.462 e. The van der Waals surface area contributed by atoms with E-state index in [0.717, 1.165) is 0 Å². The fourth-order valence-corrected chi connectivity index (χ4v) is 13.1. The van der Waals surface area contributed by atoms with Crippen molar-refractivity contribution in [1.29, 1.82) is 0 Å². The van der Waals surface area contributed by atoms with Crippen LogP contribution in [0.3, 0.4) is 0 Å². The SMILES string of the molecule is CC(=O)O[C@H]1CC2C([C@@H](O)[C@@H](N)[C@H]3C[C@@H]4O[C@@H]4[C@H](O)[C@]23C)[C@@H]2[C@@H](C)[C@@H]3[C@H]([C@H](C)[C@H]4O[C@]45OC(=O)[C@@](C)(O)[C@]35C)[C@@]12C. The molecule has 2 unspecified atom stereocenters. The van der Waals surface area contributed by atoms with Crippen LogP contribution in [-0.2, 0) is 28.5 Å². The van der Waals surface area contributed by atoms with E-state index in [1.54, 1.807) is 6.92 Å². The van der Waals surface area contributed by atoms with Crippen molar-refractivity contribution in [2.45, 2.75) is 115 Å². The smallest absolute Gasteiger partial charge is 0.341 e. The van der Waals surface area contributed by atoms with E-state index in [1.807, 2.05) is 6.92 Å². The molecule has 5 aliphatic carbocycles. The monoisotopic (exact) mass is 575 g/mol. The zero-order valence-corrected chi connectivity index (χ0v) is 24.9. The minimum atomic E-state index is -1.78. The second-order valence-electron chi connectivity index (χ2n) is 15.9. The van der Waals surface area contributed by atoms with Gasteiger partial charge in [-0.2, -0.15) is 0 Å². The van der Waals surface area contributed by atoms with Crippen molar-refractivity contribution in [2.75, 3.05) is 0 Å². The summed E-state index contributed by atoms with van der Waals surface area (Å²) in [5, 5.41) is 35.7. The molecule has 0 bridgehead atoms. The number of hydrogen-bond acceptors (Lipinski definition) is 10. The van der Waals surface area contributed by atoms with Gasteiger partial charge in [-0.25, -0.2) is 4.79 Å². The van der Waals surface area contributed by atoms with E-state index in [4.69, 9.17) is 24.7 Å². The zero-order valence-electron chi connectivity index (χ0n) is 24.9. The predicted octanol–water partition coefficient (Wildman–Crippen LogP) is 0.974. The van der Waals surface area contributed by atoms with Crippen molar-refractivity contribution in [1.82, 2.24) is 0 Å². The number of ether oxygens (including phenoxy) is 4. The average Bonchev–Trinajstić information content (AvgIpc) is 3.79. The molecule has 228 valence electrons. The largest absolute Gasteiger partial charge is 0.462 e. The Morgan fingerprint density at radius 3 is 2.34 bits per heavy atom. The zero-order chi connectivity index (χ0) is 29.6. The molecule has 5 N–H and O–H groups in total. The standard InChI is InChI=1S/C31H45NO9/c1-10-18-17-13(27(4)14(21(32)22(17)34)8-15-23(39-15)24(27)35)9-16(38-12(3)33)28(18,5)19-11(2)25-31(40-25)29(6,20(10)19)30(7,37)26(36)41-31/h10-11,13-25,34-35,37H,8-9,32H2,1-7H3/t10-,11+,13?,14-,15+,16+,17?,18+,19+,20-,21+,22-,23+,24+,25-,27-,28+,29+,30-,31+/m1/s1. The van der Waals surface area contributed by atoms with Crippen LogP contribution in [0.25, 0.3) is 0 Å². The van der Waals surface area contributed by atoms with Gasteiger partial charge in [-0.1, -0.05) is 27.7 Å². The first-order valence-electron chi connectivity index (χ1n) is 15.6. The molecule has 3 aliphatic heterocycles. The molecule has 5 saturated carbocycles. The van der Waals surface area contributed by atoms with Gasteiger partial charge in [0.05, 0.1) is 23.7 Å². The molecule has 0 aromatic rings. The number of aliphatic hydroxyl groups excluding tert-OH is 2. The Labute approximate surface area is 240 Å². The van der Waals surface area contributed by atoms with Crippen molar-refractivity contribution in [2.24, 2.45) is 69.3 Å². The Balaban J connectivity index is 1.32. The summed E-state index contributed by atoms with van der Waals surface area (Å²) in [6.45, 7) is 13.4. The fraction of sp³-hybridized carbons (Fsp3) is 0.935. The van der Waals surface area contributed by atoms with E-state index in [9.17, 15) is 24.9 Å².